The maximum absolute atomic E-state index is 5.82. The van der Waals surface area contributed by atoms with Gasteiger partial charge >= 0.3 is 0 Å². The molecule has 0 saturated heterocycles. The molecule has 0 aromatic carbocycles. The van der Waals surface area contributed by atoms with Crippen molar-refractivity contribution < 1.29 is 0 Å². The number of nitrogens with two attached hydrogens (primary N) is 1. The number of nitrogen functional groups attached to an aromatic ring is 1. The molecule has 0 aliphatic carbocycles. The summed E-state index contributed by atoms with van der Waals surface area (Å²) in [4.78, 5) is 0. The zero-order valence-electron chi connectivity index (χ0n) is 8.27. The summed E-state index contributed by atoms with van der Waals surface area (Å²) in [6.07, 6.45) is 0. The third-order valence-electron chi connectivity index (χ3n) is 2.04. The van der Waals surface area contributed by atoms with Gasteiger partial charge in [-0.1, -0.05) is 11.3 Å². The van der Waals surface area contributed by atoms with Crippen LogP contribution in [0.3, 0.4) is 0 Å². The van der Waals surface area contributed by atoms with E-state index in [-0.39, 0.29) is 0 Å². The van der Waals surface area contributed by atoms with Crippen LogP contribution in [0.15, 0.2) is 0 Å². The van der Waals surface area contributed by atoms with E-state index < -0.39 is 0 Å². The summed E-state index contributed by atoms with van der Waals surface area (Å²) in [5.74, 6) is 0. The molecule has 0 unspecified atom stereocenters. The molecule has 2 heterocycles. The van der Waals surface area contributed by atoms with Crippen LogP contribution < -0.4 is 5.73 Å². The predicted molar refractivity (Wildman–Crippen MR) is 55.7 cm³/mol. The Morgan fingerprint density at radius 1 is 1.21 bits per heavy atom. The topological polar surface area (TPSA) is 69.6 Å². The molecule has 0 bridgehead atoms. The van der Waals surface area contributed by atoms with Gasteiger partial charge in [-0.05, 0) is 20.8 Å². The van der Waals surface area contributed by atoms with Gasteiger partial charge in [0.1, 0.15) is 5.01 Å². The van der Waals surface area contributed by atoms with E-state index in [1.54, 1.807) is 4.68 Å². The van der Waals surface area contributed by atoms with E-state index >= 15 is 0 Å². The predicted octanol–water partition coefficient (Wildman–Crippen LogP) is 1.23. The minimum Gasteiger partial charge on any atom is -0.396 e. The van der Waals surface area contributed by atoms with E-state index in [2.05, 4.69) is 15.3 Å². The van der Waals surface area contributed by atoms with Crippen molar-refractivity contribution in [3.8, 4) is 5.13 Å². The Balaban J connectivity index is 2.57. The Labute approximate surface area is 85.6 Å². The number of aryl methyl sites for hydroxylation is 2. The highest BCUT2D eigenvalue weighted by atomic mass is 32.1. The SMILES string of the molecule is Cc1nnc(-n2nc(C)c(N)c2C)s1. The smallest absolute Gasteiger partial charge is 0.233 e. The fraction of sp³-hybridized carbons (Fsp3) is 0.375. The van der Waals surface area contributed by atoms with E-state index in [1.807, 2.05) is 20.8 Å². The molecule has 0 radical (unpaired) electrons. The Hall–Kier alpha value is -1.43. The number of hydrogen-bond acceptors (Lipinski definition) is 5. The highest BCUT2D eigenvalue weighted by molar-refractivity contribution is 7.13. The number of nitrogens with zero attached hydrogens (tertiary/aromatic N) is 4. The van der Waals surface area contributed by atoms with Crippen LogP contribution in [0, 0.1) is 20.8 Å². The van der Waals surface area contributed by atoms with Gasteiger partial charge in [-0.3, -0.25) is 0 Å². The van der Waals surface area contributed by atoms with Gasteiger partial charge in [-0.2, -0.15) is 5.10 Å². The first-order chi connectivity index (χ1) is 6.59. The monoisotopic (exact) mass is 209 g/mol. The lowest BCUT2D eigenvalue weighted by atomic mass is 10.3. The first-order valence-corrected chi connectivity index (χ1v) is 5.03. The van der Waals surface area contributed by atoms with Gasteiger partial charge in [-0.15, -0.1) is 10.2 Å². The molecule has 0 aliphatic heterocycles. The molecule has 2 rings (SSSR count). The second kappa shape index (κ2) is 3.06. The minimum atomic E-state index is 0.720. The lowest BCUT2D eigenvalue weighted by molar-refractivity contribution is 0.807. The van der Waals surface area contributed by atoms with Crippen molar-refractivity contribution in [2.45, 2.75) is 20.8 Å². The second-order valence-corrected chi connectivity index (χ2v) is 4.26. The van der Waals surface area contributed by atoms with Crippen molar-refractivity contribution in [3.63, 3.8) is 0 Å². The Kier molecular flexibility index (Phi) is 1.99. The quantitative estimate of drug-likeness (QED) is 0.767. The Morgan fingerprint density at radius 2 is 1.93 bits per heavy atom. The molecule has 6 heteroatoms. The zero-order valence-corrected chi connectivity index (χ0v) is 9.09. The van der Waals surface area contributed by atoms with Gasteiger partial charge in [0.2, 0.25) is 5.13 Å². The average Bonchev–Trinajstić information content (AvgIpc) is 2.66. The molecule has 74 valence electrons. The molecule has 14 heavy (non-hydrogen) atoms. The number of rotatable bonds is 1. The van der Waals surface area contributed by atoms with Crippen molar-refractivity contribution in [3.05, 3.63) is 16.4 Å². The van der Waals surface area contributed by atoms with Gasteiger partial charge in [0.05, 0.1) is 17.1 Å². The van der Waals surface area contributed by atoms with Crippen LogP contribution >= 0.6 is 11.3 Å². The third kappa shape index (κ3) is 1.27. The molecule has 0 saturated carbocycles. The number of aromatic nitrogens is 4. The standard InChI is InChI=1S/C8H11N5S/c1-4-7(9)5(2)13(12-4)8-11-10-6(3)14-8/h9H2,1-3H3. The number of anilines is 1. The molecule has 0 amide bonds. The fourth-order valence-corrected chi connectivity index (χ4v) is 1.90. The van der Waals surface area contributed by atoms with Crippen LogP contribution in [-0.4, -0.2) is 20.0 Å². The summed E-state index contributed by atoms with van der Waals surface area (Å²) in [6.45, 7) is 5.72. The summed E-state index contributed by atoms with van der Waals surface area (Å²) in [5, 5.41) is 13.9. The van der Waals surface area contributed by atoms with Crippen LogP contribution in [0.1, 0.15) is 16.4 Å². The highest BCUT2D eigenvalue weighted by Gasteiger charge is 2.12. The van der Waals surface area contributed by atoms with E-state index in [0.29, 0.717) is 0 Å². The summed E-state index contributed by atoms with van der Waals surface area (Å²) >= 11 is 1.50. The van der Waals surface area contributed by atoms with E-state index in [4.69, 9.17) is 5.73 Å². The Bertz CT molecular complexity index is 470. The normalized spacial score (nSPS) is 10.8. The molecule has 2 aromatic rings. The van der Waals surface area contributed by atoms with Gasteiger partial charge < -0.3 is 5.73 Å². The summed E-state index contributed by atoms with van der Waals surface area (Å²) in [6, 6.07) is 0. The molecule has 2 aromatic heterocycles. The molecule has 2 N–H and O–H groups in total. The largest absolute Gasteiger partial charge is 0.396 e. The molecule has 0 fully saturated rings. The molecule has 0 aliphatic rings. The van der Waals surface area contributed by atoms with E-state index in [9.17, 15) is 0 Å². The lowest BCUT2D eigenvalue weighted by Crippen LogP contribution is -1.98. The van der Waals surface area contributed by atoms with Gasteiger partial charge in [0, 0.05) is 0 Å². The van der Waals surface area contributed by atoms with Crippen molar-refractivity contribution in [2.75, 3.05) is 5.73 Å². The summed E-state index contributed by atoms with van der Waals surface area (Å²) in [5.41, 5.74) is 8.28. The maximum atomic E-state index is 5.82. The molecular formula is C8H11N5S. The summed E-state index contributed by atoms with van der Waals surface area (Å²) in [7, 11) is 0. The van der Waals surface area contributed by atoms with E-state index in [0.717, 1.165) is 27.2 Å². The minimum absolute atomic E-state index is 0.720. The highest BCUT2D eigenvalue weighted by Crippen LogP contribution is 2.21. The van der Waals surface area contributed by atoms with Crippen LogP contribution in [0.25, 0.3) is 5.13 Å². The summed E-state index contributed by atoms with van der Waals surface area (Å²) < 4.78 is 1.73. The molecule has 5 nitrogen and oxygen atoms in total. The first kappa shape index (κ1) is 9.14. The number of hydrogen-bond donors (Lipinski definition) is 1. The molecule has 0 atom stereocenters. The lowest BCUT2D eigenvalue weighted by Gasteiger charge is -1.96. The second-order valence-electron chi connectivity index (χ2n) is 3.10. The van der Waals surface area contributed by atoms with Crippen molar-refractivity contribution in [1.29, 1.82) is 0 Å². The van der Waals surface area contributed by atoms with Crippen molar-refractivity contribution in [2.24, 2.45) is 0 Å². The van der Waals surface area contributed by atoms with Crippen LogP contribution in [0.4, 0.5) is 5.69 Å². The van der Waals surface area contributed by atoms with Gasteiger partial charge in [0.15, 0.2) is 0 Å². The van der Waals surface area contributed by atoms with E-state index in [1.165, 1.54) is 11.3 Å². The van der Waals surface area contributed by atoms with Crippen molar-refractivity contribution in [1.82, 2.24) is 20.0 Å². The first-order valence-electron chi connectivity index (χ1n) is 4.21. The van der Waals surface area contributed by atoms with Crippen LogP contribution in [-0.2, 0) is 0 Å². The average molecular weight is 209 g/mol. The molecule has 0 spiro atoms. The van der Waals surface area contributed by atoms with Crippen LogP contribution in [0.5, 0.6) is 0 Å². The van der Waals surface area contributed by atoms with Gasteiger partial charge in [0.25, 0.3) is 0 Å². The molecular weight excluding hydrogens is 198 g/mol. The van der Waals surface area contributed by atoms with Crippen LogP contribution in [0.2, 0.25) is 0 Å². The Morgan fingerprint density at radius 3 is 2.36 bits per heavy atom. The van der Waals surface area contributed by atoms with Gasteiger partial charge in [-0.25, -0.2) is 4.68 Å². The fourth-order valence-electron chi connectivity index (χ4n) is 1.21. The third-order valence-corrected chi connectivity index (χ3v) is 2.86. The zero-order chi connectivity index (χ0) is 10.3. The maximum Gasteiger partial charge on any atom is 0.233 e. The van der Waals surface area contributed by atoms with Crippen molar-refractivity contribution >= 4 is 17.0 Å².